The van der Waals surface area contributed by atoms with Crippen LogP contribution in [-0.4, -0.2) is 40.9 Å². The van der Waals surface area contributed by atoms with E-state index < -0.39 is 0 Å². The predicted octanol–water partition coefficient (Wildman–Crippen LogP) is 0.754. The van der Waals surface area contributed by atoms with Crippen molar-refractivity contribution in [3.8, 4) is 0 Å². The van der Waals surface area contributed by atoms with Gasteiger partial charge in [-0.3, -0.25) is 4.68 Å². The average Bonchev–Trinajstić information content (AvgIpc) is 2.41. The highest BCUT2D eigenvalue weighted by atomic mass is 15.3. The number of hydrogen-bond donors (Lipinski definition) is 2. The van der Waals surface area contributed by atoms with Gasteiger partial charge in [-0.2, -0.15) is 5.10 Å². The van der Waals surface area contributed by atoms with Crippen LogP contribution in [0.2, 0.25) is 0 Å². The summed E-state index contributed by atoms with van der Waals surface area (Å²) in [5.74, 6) is 0.757. The second kappa shape index (κ2) is 4.10. The molecule has 5 nitrogen and oxygen atoms in total. The van der Waals surface area contributed by atoms with Crippen molar-refractivity contribution in [1.82, 2.24) is 14.7 Å². The molecule has 0 saturated heterocycles. The quantitative estimate of drug-likeness (QED) is 0.771. The SMILES string of the molecule is CN(C)C(C)(C)CNc1nn(C)cc1N. The molecule has 0 aromatic carbocycles. The number of aryl methyl sites for hydroxylation is 1. The molecule has 0 saturated carbocycles. The van der Waals surface area contributed by atoms with Gasteiger partial charge in [0.15, 0.2) is 5.82 Å². The highest BCUT2D eigenvalue weighted by molar-refractivity contribution is 5.59. The van der Waals surface area contributed by atoms with Crippen LogP contribution in [0.1, 0.15) is 13.8 Å². The van der Waals surface area contributed by atoms with Gasteiger partial charge in [0.25, 0.3) is 0 Å². The monoisotopic (exact) mass is 211 g/mol. The maximum atomic E-state index is 5.79. The maximum Gasteiger partial charge on any atom is 0.171 e. The molecular weight excluding hydrogens is 190 g/mol. The van der Waals surface area contributed by atoms with Crippen molar-refractivity contribution in [2.75, 3.05) is 31.7 Å². The number of rotatable bonds is 4. The van der Waals surface area contributed by atoms with Crippen molar-refractivity contribution in [2.24, 2.45) is 7.05 Å². The van der Waals surface area contributed by atoms with Gasteiger partial charge < -0.3 is 16.0 Å². The van der Waals surface area contributed by atoms with Crippen molar-refractivity contribution in [2.45, 2.75) is 19.4 Å². The molecule has 0 radical (unpaired) electrons. The predicted molar refractivity (Wildman–Crippen MR) is 63.9 cm³/mol. The second-order valence-corrected chi connectivity index (χ2v) is 4.67. The Morgan fingerprint density at radius 3 is 2.53 bits per heavy atom. The van der Waals surface area contributed by atoms with Gasteiger partial charge in [0.05, 0.1) is 5.69 Å². The summed E-state index contributed by atoms with van der Waals surface area (Å²) in [5.41, 5.74) is 6.55. The summed E-state index contributed by atoms with van der Waals surface area (Å²) in [6.07, 6.45) is 1.80. The van der Waals surface area contributed by atoms with Crippen LogP contribution < -0.4 is 11.1 Å². The van der Waals surface area contributed by atoms with Gasteiger partial charge in [0, 0.05) is 25.3 Å². The molecule has 86 valence electrons. The molecule has 0 aliphatic rings. The average molecular weight is 211 g/mol. The molecular formula is C10H21N5. The zero-order chi connectivity index (χ0) is 11.6. The smallest absolute Gasteiger partial charge is 0.171 e. The third-order valence-electron chi connectivity index (χ3n) is 2.76. The Bertz CT molecular complexity index is 327. The van der Waals surface area contributed by atoms with Crippen molar-refractivity contribution in [1.29, 1.82) is 0 Å². The molecule has 5 heteroatoms. The Morgan fingerprint density at radius 1 is 1.53 bits per heavy atom. The minimum Gasteiger partial charge on any atom is -0.394 e. The standard InChI is InChI=1S/C10H21N5/c1-10(2,14(3)4)7-12-9-8(11)6-15(5)13-9/h6H,7,11H2,1-5H3,(H,12,13). The lowest BCUT2D eigenvalue weighted by Gasteiger charge is -2.32. The number of nitrogens with zero attached hydrogens (tertiary/aromatic N) is 3. The molecule has 1 aromatic rings. The van der Waals surface area contributed by atoms with E-state index in [0.717, 1.165) is 12.4 Å². The fraction of sp³-hybridized carbons (Fsp3) is 0.700. The van der Waals surface area contributed by atoms with Crippen LogP contribution in [0.5, 0.6) is 0 Å². The lowest BCUT2D eigenvalue weighted by molar-refractivity contribution is 0.210. The first kappa shape index (κ1) is 11.8. The van der Waals surface area contributed by atoms with E-state index in [0.29, 0.717) is 5.69 Å². The van der Waals surface area contributed by atoms with Gasteiger partial charge in [0.2, 0.25) is 0 Å². The van der Waals surface area contributed by atoms with Gasteiger partial charge in [-0.1, -0.05) is 0 Å². The van der Waals surface area contributed by atoms with Crippen LogP contribution in [0.25, 0.3) is 0 Å². The lowest BCUT2D eigenvalue weighted by Crippen LogP contribution is -2.44. The zero-order valence-electron chi connectivity index (χ0n) is 10.2. The van der Waals surface area contributed by atoms with Crippen LogP contribution in [0, 0.1) is 0 Å². The van der Waals surface area contributed by atoms with E-state index in [4.69, 9.17) is 5.73 Å². The summed E-state index contributed by atoms with van der Waals surface area (Å²) in [6, 6.07) is 0. The van der Waals surface area contributed by atoms with Crippen molar-refractivity contribution in [3.05, 3.63) is 6.20 Å². The molecule has 15 heavy (non-hydrogen) atoms. The molecule has 0 spiro atoms. The summed E-state index contributed by atoms with van der Waals surface area (Å²) < 4.78 is 1.71. The van der Waals surface area contributed by atoms with E-state index in [-0.39, 0.29) is 5.54 Å². The molecule has 1 rings (SSSR count). The Labute approximate surface area is 91.2 Å². The molecule has 0 aliphatic heterocycles. The van der Waals surface area contributed by atoms with Gasteiger partial charge in [-0.15, -0.1) is 0 Å². The number of nitrogens with two attached hydrogens (primary N) is 1. The molecule has 0 bridgehead atoms. The number of nitrogens with one attached hydrogen (secondary N) is 1. The van der Waals surface area contributed by atoms with E-state index >= 15 is 0 Å². The molecule has 0 aliphatic carbocycles. The molecule has 1 heterocycles. The second-order valence-electron chi connectivity index (χ2n) is 4.67. The van der Waals surface area contributed by atoms with E-state index in [1.165, 1.54) is 0 Å². The fourth-order valence-corrected chi connectivity index (χ4v) is 1.10. The molecule has 0 atom stereocenters. The number of anilines is 2. The van der Waals surface area contributed by atoms with E-state index in [2.05, 4.69) is 43.3 Å². The highest BCUT2D eigenvalue weighted by Gasteiger charge is 2.20. The Morgan fingerprint density at radius 2 is 2.13 bits per heavy atom. The first-order valence-electron chi connectivity index (χ1n) is 5.03. The maximum absolute atomic E-state index is 5.79. The van der Waals surface area contributed by atoms with Crippen LogP contribution in [0.3, 0.4) is 0 Å². The molecule has 0 fully saturated rings. The first-order chi connectivity index (χ1) is 6.83. The summed E-state index contributed by atoms with van der Waals surface area (Å²) in [6.45, 7) is 5.14. The number of likely N-dealkylation sites (N-methyl/N-ethyl adjacent to an activating group) is 1. The Kier molecular flexibility index (Phi) is 3.24. The summed E-state index contributed by atoms with van der Waals surface area (Å²) >= 11 is 0. The number of aromatic nitrogens is 2. The molecule has 0 unspecified atom stereocenters. The van der Waals surface area contributed by atoms with Crippen molar-refractivity contribution in [3.63, 3.8) is 0 Å². The highest BCUT2D eigenvalue weighted by Crippen LogP contribution is 2.17. The van der Waals surface area contributed by atoms with Crippen LogP contribution in [0.15, 0.2) is 6.20 Å². The third kappa shape index (κ3) is 2.86. The topological polar surface area (TPSA) is 59.1 Å². The summed E-state index contributed by atoms with van der Waals surface area (Å²) in [5, 5.41) is 7.49. The van der Waals surface area contributed by atoms with Gasteiger partial charge in [0.1, 0.15) is 0 Å². The molecule has 3 N–H and O–H groups in total. The van der Waals surface area contributed by atoms with Crippen molar-refractivity contribution < 1.29 is 0 Å². The number of hydrogen-bond acceptors (Lipinski definition) is 4. The van der Waals surface area contributed by atoms with Gasteiger partial charge in [-0.05, 0) is 27.9 Å². The fourth-order valence-electron chi connectivity index (χ4n) is 1.10. The first-order valence-corrected chi connectivity index (χ1v) is 5.03. The zero-order valence-corrected chi connectivity index (χ0v) is 10.2. The molecule has 0 amide bonds. The minimum atomic E-state index is 0.0734. The lowest BCUT2D eigenvalue weighted by atomic mass is 10.0. The van der Waals surface area contributed by atoms with Crippen LogP contribution in [-0.2, 0) is 7.05 Å². The van der Waals surface area contributed by atoms with Crippen molar-refractivity contribution >= 4 is 11.5 Å². The normalized spacial score (nSPS) is 12.1. The van der Waals surface area contributed by atoms with Crippen LogP contribution in [0.4, 0.5) is 11.5 Å². The Hall–Kier alpha value is -1.23. The molecule has 1 aromatic heterocycles. The summed E-state index contributed by atoms with van der Waals surface area (Å²) in [4.78, 5) is 2.17. The van der Waals surface area contributed by atoms with Crippen LogP contribution >= 0.6 is 0 Å². The number of nitrogen functional groups attached to an aromatic ring is 1. The minimum absolute atomic E-state index is 0.0734. The Balaban J connectivity index is 2.61. The van der Waals surface area contributed by atoms with E-state index in [1.54, 1.807) is 10.9 Å². The largest absolute Gasteiger partial charge is 0.394 e. The summed E-state index contributed by atoms with van der Waals surface area (Å²) in [7, 11) is 5.98. The van der Waals surface area contributed by atoms with Gasteiger partial charge >= 0.3 is 0 Å². The van der Waals surface area contributed by atoms with E-state index in [1.807, 2.05) is 7.05 Å². The third-order valence-corrected chi connectivity index (χ3v) is 2.76. The van der Waals surface area contributed by atoms with Gasteiger partial charge in [-0.25, -0.2) is 0 Å². The van der Waals surface area contributed by atoms with E-state index in [9.17, 15) is 0 Å².